The predicted molar refractivity (Wildman–Crippen MR) is 124 cm³/mol. The highest BCUT2D eigenvalue weighted by atomic mass is 32.2. The number of hydrogen-bond donors (Lipinski definition) is 2. The van der Waals surface area contributed by atoms with E-state index < -0.39 is 21.9 Å². The maximum absolute atomic E-state index is 12.6. The van der Waals surface area contributed by atoms with Crippen molar-refractivity contribution in [1.29, 1.82) is 0 Å². The first-order valence-corrected chi connectivity index (χ1v) is 12.2. The highest BCUT2D eigenvalue weighted by Gasteiger charge is 2.20. The second-order valence-corrected chi connectivity index (χ2v) is 9.37. The minimum atomic E-state index is -4.11. The number of ether oxygens (including phenoxy) is 2. The van der Waals surface area contributed by atoms with Gasteiger partial charge in [0, 0.05) is 38.8 Å². The standard InChI is InChI=1S/C23H29N3O7S/c1-16(2)21(27)24-12-11-17-5-8-19(9-6-17)34(30,31)26-22(28)18-7-10-20(25-15-18)23(29)33-14-4-13-32-3/h5-10,15-16H,4,11-14H2,1-3H3,(H,24,27)(H,26,28). The average molecular weight is 492 g/mol. The third-order valence-corrected chi connectivity index (χ3v) is 6.01. The molecule has 0 aliphatic carbocycles. The number of sulfonamides is 1. The maximum atomic E-state index is 12.6. The Morgan fingerprint density at radius 1 is 1.03 bits per heavy atom. The lowest BCUT2D eigenvalue weighted by molar-refractivity contribution is -0.123. The number of nitrogens with one attached hydrogen (secondary N) is 2. The highest BCUT2D eigenvalue weighted by molar-refractivity contribution is 7.90. The smallest absolute Gasteiger partial charge is 0.356 e. The van der Waals surface area contributed by atoms with E-state index in [1.165, 1.54) is 24.3 Å². The Bertz CT molecular complexity index is 1080. The Kier molecular flexibility index (Phi) is 10.1. The van der Waals surface area contributed by atoms with Crippen molar-refractivity contribution in [1.82, 2.24) is 15.0 Å². The lowest BCUT2D eigenvalue weighted by Gasteiger charge is -2.09. The van der Waals surface area contributed by atoms with Gasteiger partial charge in [-0.05, 0) is 36.2 Å². The first-order chi connectivity index (χ1) is 16.1. The number of amides is 2. The van der Waals surface area contributed by atoms with Crippen LogP contribution in [0.2, 0.25) is 0 Å². The third kappa shape index (κ3) is 8.23. The van der Waals surface area contributed by atoms with Crippen LogP contribution in [0.1, 0.15) is 46.7 Å². The van der Waals surface area contributed by atoms with Crippen molar-refractivity contribution in [3.05, 3.63) is 59.4 Å². The summed E-state index contributed by atoms with van der Waals surface area (Å²) >= 11 is 0. The van der Waals surface area contributed by atoms with Crippen LogP contribution >= 0.6 is 0 Å². The Morgan fingerprint density at radius 2 is 1.74 bits per heavy atom. The monoisotopic (exact) mass is 491 g/mol. The average Bonchev–Trinajstić information content (AvgIpc) is 2.81. The summed E-state index contributed by atoms with van der Waals surface area (Å²) in [5.74, 6) is -1.70. The van der Waals surface area contributed by atoms with Crippen LogP contribution in [0, 0.1) is 5.92 Å². The molecule has 0 bridgehead atoms. The summed E-state index contributed by atoms with van der Waals surface area (Å²) < 4.78 is 37.0. The van der Waals surface area contributed by atoms with Crippen molar-refractivity contribution in [3.63, 3.8) is 0 Å². The van der Waals surface area contributed by atoms with E-state index in [-0.39, 0.29) is 34.6 Å². The lowest BCUT2D eigenvalue weighted by Crippen LogP contribution is -2.31. The zero-order chi connectivity index (χ0) is 25.1. The minimum absolute atomic E-state index is 0.00278. The van der Waals surface area contributed by atoms with Gasteiger partial charge in [-0.2, -0.15) is 0 Å². The van der Waals surface area contributed by atoms with Crippen molar-refractivity contribution >= 4 is 27.8 Å². The summed E-state index contributed by atoms with van der Waals surface area (Å²) in [6, 6.07) is 8.59. The SMILES string of the molecule is COCCCOC(=O)c1ccc(C(=O)NS(=O)(=O)c2ccc(CCNC(=O)C(C)C)cc2)cn1. The number of hydrogen-bond acceptors (Lipinski definition) is 8. The first kappa shape index (κ1) is 26.9. The molecule has 2 amide bonds. The molecule has 0 saturated carbocycles. The lowest BCUT2D eigenvalue weighted by atomic mass is 10.1. The molecule has 2 rings (SSSR count). The summed E-state index contributed by atoms with van der Waals surface area (Å²) in [5.41, 5.74) is 0.803. The topological polar surface area (TPSA) is 141 Å². The summed E-state index contributed by atoms with van der Waals surface area (Å²) in [6.07, 6.45) is 2.18. The van der Waals surface area contributed by atoms with E-state index in [0.29, 0.717) is 26.0 Å². The Morgan fingerprint density at radius 3 is 2.32 bits per heavy atom. The number of aromatic nitrogens is 1. The van der Waals surface area contributed by atoms with Crippen LogP contribution in [-0.2, 0) is 30.7 Å². The number of pyridine rings is 1. The Hall–Kier alpha value is -3.31. The molecule has 0 atom stereocenters. The fourth-order valence-electron chi connectivity index (χ4n) is 2.70. The number of rotatable bonds is 12. The summed E-state index contributed by atoms with van der Waals surface area (Å²) in [5, 5.41) is 2.79. The van der Waals surface area contributed by atoms with Gasteiger partial charge in [0.1, 0.15) is 5.69 Å². The molecule has 0 unspecified atom stereocenters. The Balaban J connectivity index is 1.93. The molecule has 34 heavy (non-hydrogen) atoms. The third-order valence-electron chi connectivity index (χ3n) is 4.66. The summed E-state index contributed by atoms with van der Waals surface area (Å²) in [6.45, 7) is 4.65. The first-order valence-electron chi connectivity index (χ1n) is 10.7. The van der Waals surface area contributed by atoms with Crippen molar-refractivity contribution < 1.29 is 32.3 Å². The molecular weight excluding hydrogens is 462 g/mol. The number of carbonyl (C=O) groups is 3. The van der Waals surface area contributed by atoms with Gasteiger partial charge >= 0.3 is 5.97 Å². The van der Waals surface area contributed by atoms with Crippen LogP contribution in [0.3, 0.4) is 0 Å². The largest absolute Gasteiger partial charge is 0.461 e. The van der Waals surface area contributed by atoms with Crippen LogP contribution in [0.15, 0.2) is 47.5 Å². The molecule has 0 fully saturated rings. The molecule has 10 nitrogen and oxygen atoms in total. The normalized spacial score (nSPS) is 11.2. The molecule has 1 aromatic carbocycles. The molecule has 0 radical (unpaired) electrons. The second kappa shape index (κ2) is 12.8. The number of methoxy groups -OCH3 is 1. The molecule has 2 N–H and O–H groups in total. The molecule has 184 valence electrons. The number of benzene rings is 1. The van der Waals surface area contributed by atoms with E-state index in [9.17, 15) is 22.8 Å². The molecule has 1 heterocycles. The van der Waals surface area contributed by atoms with E-state index in [2.05, 4.69) is 10.3 Å². The Labute approximate surface area is 199 Å². The molecule has 1 aromatic heterocycles. The summed E-state index contributed by atoms with van der Waals surface area (Å²) in [4.78, 5) is 39.7. The van der Waals surface area contributed by atoms with Crippen LogP contribution in [0.5, 0.6) is 0 Å². The van der Waals surface area contributed by atoms with Crippen LogP contribution in [-0.4, -0.2) is 58.1 Å². The zero-order valence-electron chi connectivity index (χ0n) is 19.4. The molecule has 0 spiro atoms. The van der Waals surface area contributed by atoms with Crippen molar-refractivity contribution in [3.8, 4) is 0 Å². The fourth-order valence-corrected chi connectivity index (χ4v) is 3.67. The molecule has 0 aliphatic heterocycles. The molecule has 0 saturated heterocycles. The van der Waals surface area contributed by atoms with Gasteiger partial charge in [0.15, 0.2) is 0 Å². The zero-order valence-corrected chi connectivity index (χ0v) is 20.2. The molecule has 0 aliphatic rings. The van der Waals surface area contributed by atoms with Gasteiger partial charge in [-0.1, -0.05) is 26.0 Å². The number of esters is 1. The van der Waals surface area contributed by atoms with E-state index in [1.807, 2.05) is 4.72 Å². The van der Waals surface area contributed by atoms with Gasteiger partial charge in [0.25, 0.3) is 15.9 Å². The van der Waals surface area contributed by atoms with Crippen LogP contribution < -0.4 is 10.0 Å². The van der Waals surface area contributed by atoms with Gasteiger partial charge in [-0.25, -0.2) is 22.9 Å². The molecule has 2 aromatic rings. The predicted octanol–water partition coefficient (Wildman–Crippen LogP) is 1.71. The minimum Gasteiger partial charge on any atom is -0.461 e. The maximum Gasteiger partial charge on any atom is 0.356 e. The quantitative estimate of drug-likeness (QED) is 0.338. The van der Waals surface area contributed by atoms with Gasteiger partial charge in [-0.3, -0.25) is 9.59 Å². The van der Waals surface area contributed by atoms with E-state index in [1.54, 1.807) is 33.1 Å². The highest BCUT2D eigenvalue weighted by Crippen LogP contribution is 2.12. The summed E-state index contributed by atoms with van der Waals surface area (Å²) in [7, 11) is -2.57. The van der Waals surface area contributed by atoms with E-state index in [0.717, 1.165) is 11.8 Å². The fraction of sp³-hybridized carbons (Fsp3) is 0.391. The van der Waals surface area contributed by atoms with Gasteiger partial charge < -0.3 is 14.8 Å². The van der Waals surface area contributed by atoms with Crippen molar-refractivity contribution in [2.45, 2.75) is 31.6 Å². The number of nitrogens with zero attached hydrogens (tertiary/aromatic N) is 1. The van der Waals surface area contributed by atoms with Gasteiger partial charge in [0.2, 0.25) is 5.91 Å². The van der Waals surface area contributed by atoms with E-state index >= 15 is 0 Å². The van der Waals surface area contributed by atoms with E-state index in [4.69, 9.17) is 9.47 Å². The van der Waals surface area contributed by atoms with Crippen molar-refractivity contribution in [2.24, 2.45) is 5.92 Å². The van der Waals surface area contributed by atoms with Crippen LogP contribution in [0.25, 0.3) is 0 Å². The van der Waals surface area contributed by atoms with Gasteiger partial charge in [-0.15, -0.1) is 0 Å². The molecule has 11 heteroatoms. The van der Waals surface area contributed by atoms with Crippen LogP contribution in [0.4, 0.5) is 0 Å². The number of carbonyl (C=O) groups excluding carboxylic acids is 3. The van der Waals surface area contributed by atoms with Gasteiger partial charge in [0.05, 0.1) is 17.1 Å². The molecular formula is C23H29N3O7S. The van der Waals surface area contributed by atoms with Crippen molar-refractivity contribution in [2.75, 3.05) is 26.9 Å². The second-order valence-electron chi connectivity index (χ2n) is 7.69.